The fraction of sp³-hybridized carbons (Fsp3) is 0.312. The van der Waals surface area contributed by atoms with E-state index in [0.29, 0.717) is 0 Å². The van der Waals surface area contributed by atoms with Crippen LogP contribution >= 0.6 is 0 Å². The monoisotopic (exact) mass is 239 g/mol. The van der Waals surface area contributed by atoms with Gasteiger partial charge in [-0.2, -0.15) is 0 Å². The average molecular weight is 239 g/mol. The lowest BCUT2D eigenvalue weighted by molar-refractivity contribution is -0.128. The first-order chi connectivity index (χ1) is 8.45. The van der Waals surface area contributed by atoms with E-state index in [0.717, 1.165) is 5.56 Å². The van der Waals surface area contributed by atoms with Crippen LogP contribution in [0.15, 0.2) is 30.3 Å². The Balaban J connectivity index is 2.88. The lowest BCUT2D eigenvalue weighted by Gasteiger charge is -2.32. The summed E-state index contributed by atoms with van der Waals surface area (Å²) < 4.78 is 0. The van der Waals surface area contributed by atoms with E-state index in [1.807, 2.05) is 51.1 Å². The second kappa shape index (κ2) is 5.94. The van der Waals surface area contributed by atoms with Crippen molar-refractivity contribution in [2.24, 2.45) is 0 Å². The third-order valence-electron chi connectivity index (χ3n) is 2.39. The zero-order chi connectivity index (χ0) is 13.6. The molecule has 0 heterocycles. The van der Waals surface area contributed by atoms with Gasteiger partial charge in [0.1, 0.15) is 0 Å². The van der Waals surface area contributed by atoms with Gasteiger partial charge < -0.3 is 4.90 Å². The molecule has 0 saturated carbocycles. The minimum absolute atomic E-state index is 0.246. The minimum atomic E-state index is -0.325. The summed E-state index contributed by atoms with van der Waals surface area (Å²) >= 11 is 0. The smallest absolute Gasteiger partial charge is 0.300 e. The molecule has 0 aliphatic rings. The lowest BCUT2D eigenvalue weighted by Crippen LogP contribution is -2.45. The van der Waals surface area contributed by atoms with Crippen molar-refractivity contribution in [2.75, 3.05) is 6.54 Å². The maximum absolute atomic E-state index is 12.0. The molecule has 0 bridgehead atoms. The van der Waals surface area contributed by atoms with Crippen LogP contribution in [0.25, 0.3) is 0 Å². The molecular weight excluding hydrogens is 222 g/mol. The second-order valence-electron chi connectivity index (χ2n) is 4.88. The van der Waals surface area contributed by atoms with E-state index in [9.17, 15) is 4.79 Å². The maximum atomic E-state index is 12.0. The van der Waals surface area contributed by atoms with Crippen LogP contribution in [-0.2, 0) is 4.79 Å². The third-order valence-corrected chi connectivity index (χ3v) is 2.39. The molecule has 0 aliphatic heterocycles. The van der Waals surface area contributed by atoms with E-state index in [-0.39, 0.29) is 18.0 Å². The Bertz CT molecular complexity index is 506. The Morgan fingerprint density at radius 3 is 2.39 bits per heavy atom. The molecule has 0 atom stereocenters. The van der Waals surface area contributed by atoms with Gasteiger partial charge in [0.15, 0.2) is 0 Å². The van der Waals surface area contributed by atoms with Crippen molar-refractivity contribution in [1.29, 1.82) is 0 Å². The van der Waals surface area contributed by atoms with Crippen LogP contribution in [0.4, 0.5) is 0 Å². The van der Waals surface area contributed by atoms with Crippen LogP contribution in [-0.4, -0.2) is 22.9 Å². The number of rotatable bonds is 1. The standard InChI is InChI=1S/C16H17NO/c1-5-13-17(16(2,3)4)15(18)12-11-14-9-7-6-8-10-14/h1,6-10H,13H2,2-4H3. The highest BCUT2D eigenvalue weighted by molar-refractivity contribution is 5.94. The number of hydrogen-bond donors (Lipinski definition) is 0. The molecule has 18 heavy (non-hydrogen) atoms. The fourth-order valence-electron chi connectivity index (χ4n) is 1.42. The van der Waals surface area contributed by atoms with Gasteiger partial charge in [0.05, 0.1) is 6.54 Å². The van der Waals surface area contributed by atoms with Crippen molar-refractivity contribution in [3.05, 3.63) is 35.9 Å². The summed E-state index contributed by atoms with van der Waals surface area (Å²) in [5, 5.41) is 0. The fourth-order valence-corrected chi connectivity index (χ4v) is 1.42. The Morgan fingerprint density at radius 2 is 1.89 bits per heavy atom. The molecule has 0 fully saturated rings. The zero-order valence-electron chi connectivity index (χ0n) is 11.0. The van der Waals surface area contributed by atoms with Crippen LogP contribution in [0, 0.1) is 24.2 Å². The van der Waals surface area contributed by atoms with Crippen molar-refractivity contribution in [1.82, 2.24) is 4.90 Å². The summed E-state index contributed by atoms with van der Waals surface area (Å²) in [4.78, 5) is 13.6. The highest BCUT2D eigenvalue weighted by Crippen LogP contribution is 2.12. The maximum Gasteiger partial charge on any atom is 0.300 e. The molecule has 1 rings (SSSR count). The van der Waals surface area contributed by atoms with E-state index in [2.05, 4.69) is 17.8 Å². The van der Waals surface area contributed by atoms with E-state index in [1.54, 1.807) is 4.90 Å². The summed E-state index contributed by atoms with van der Waals surface area (Å²) in [7, 11) is 0. The molecular formula is C16H17NO. The van der Waals surface area contributed by atoms with E-state index in [1.165, 1.54) is 0 Å². The molecule has 0 N–H and O–H groups in total. The van der Waals surface area contributed by atoms with Crippen molar-refractivity contribution in [2.45, 2.75) is 26.3 Å². The molecule has 0 spiro atoms. The predicted octanol–water partition coefficient (Wildman–Crippen LogP) is 2.30. The van der Waals surface area contributed by atoms with Gasteiger partial charge in [-0.05, 0) is 32.9 Å². The Morgan fingerprint density at radius 1 is 1.28 bits per heavy atom. The second-order valence-corrected chi connectivity index (χ2v) is 4.88. The molecule has 2 heteroatoms. The highest BCUT2D eigenvalue weighted by atomic mass is 16.2. The average Bonchev–Trinajstić information content (AvgIpc) is 2.33. The Hall–Kier alpha value is -2.19. The number of amides is 1. The lowest BCUT2D eigenvalue weighted by atomic mass is 10.1. The normalized spacial score (nSPS) is 9.89. The van der Waals surface area contributed by atoms with Gasteiger partial charge in [0.25, 0.3) is 5.91 Å². The molecule has 0 aliphatic carbocycles. The van der Waals surface area contributed by atoms with Crippen LogP contribution in [0.5, 0.6) is 0 Å². The van der Waals surface area contributed by atoms with Gasteiger partial charge in [-0.15, -0.1) is 6.42 Å². The van der Waals surface area contributed by atoms with Gasteiger partial charge >= 0.3 is 0 Å². The molecule has 1 aromatic rings. The van der Waals surface area contributed by atoms with E-state index < -0.39 is 0 Å². The summed E-state index contributed by atoms with van der Waals surface area (Å²) in [5.41, 5.74) is 0.495. The van der Waals surface area contributed by atoms with Crippen LogP contribution in [0.3, 0.4) is 0 Å². The number of hydrogen-bond acceptors (Lipinski definition) is 1. The van der Waals surface area contributed by atoms with Crippen LogP contribution in [0.2, 0.25) is 0 Å². The molecule has 92 valence electrons. The zero-order valence-corrected chi connectivity index (χ0v) is 11.0. The topological polar surface area (TPSA) is 20.3 Å². The quantitative estimate of drug-likeness (QED) is 0.689. The van der Waals surface area contributed by atoms with Crippen LogP contribution in [0.1, 0.15) is 26.3 Å². The summed E-state index contributed by atoms with van der Waals surface area (Å²) in [6.45, 7) is 6.08. The van der Waals surface area contributed by atoms with Crippen molar-refractivity contribution >= 4 is 5.91 Å². The van der Waals surface area contributed by atoms with Crippen molar-refractivity contribution in [3.8, 4) is 24.2 Å². The number of carbonyl (C=O) groups is 1. The van der Waals surface area contributed by atoms with E-state index in [4.69, 9.17) is 6.42 Å². The highest BCUT2D eigenvalue weighted by Gasteiger charge is 2.24. The molecule has 1 aromatic carbocycles. The molecule has 0 radical (unpaired) electrons. The SMILES string of the molecule is C#CCN(C(=O)C#Cc1ccccc1)C(C)(C)C. The molecule has 0 saturated heterocycles. The first kappa shape index (κ1) is 13.9. The molecule has 2 nitrogen and oxygen atoms in total. The van der Waals surface area contributed by atoms with Crippen molar-refractivity contribution < 1.29 is 4.79 Å². The Labute approximate surface area is 109 Å². The predicted molar refractivity (Wildman–Crippen MR) is 73.6 cm³/mol. The minimum Gasteiger partial charge on any atom is -0.316 e. The van der Waals surface area contributed by atoms with E-state index >= 15 is 0 Å². The Kier molecular flexibility index (Phi) is 4.58. The van der Waals surface area contributed by atoms with Gasteiger partial charge in [0.2, 0.25) is 0 Å². The number of benzene rings is 1. The third kappa shape index (κ3) is 4.00. The first-order valence-corrected chi connectivity index (χ1v) is 5.77. The van der Waals surface area contributed by atoms with Gasteiger partial charge in [-0.1, -0.05) is 30.0 Å². The number of carbonyl (C=O) groups excluding carboxylic acids is 1. The molecule has 1 amide bonds. The summed E-state index contributed by atoms with van der Waals surface area (Å²) in [5.74, 6) is 7.72. The van der Waals surface area contributed by atoms with Gasteiger partial charge in [0, 0.05) is 17.0 Å². The summed E-state index contributed by atoms with van der Waals surface area (Å²) in [6.07, 6.45) is 5.28. The molecule has 0 unspecified atom stereocenters. The first-order valence-electron chi connectivity index (χ1n) is 5.77. The largest absolute Gasteiger partial charge is 0.316 e. The number of terminal acetylenes is 1. The van der Waals surface area contributed by atoms with Gasteiger partial charge in [-0.25, -0.2) is 0 Å². The van der Waals surface area contributed by atoms with Gasteiger partial charge in [-0.3, -0.25) is 4.79 Å². The van der Waals surface area contributed by atoms with Crippen molar-refractivity contribution in [3.63, 3.8) is 0 Å². The molecule has 0 aromatic heterocycles. The summed E-state index contributed by atoms with van der Waals surface area (Å²) in [6, 6.07) is 9.41. The van der Waals surface area contributed by atoms with Crippen LogP contribution < -0.4 is 0 Å². The number of nitrogens with zero attached hydrogens (tertiary/aromatic N) is 1.